The lowest BCUT2D eigenvalue weighted by Crippen LogP contribution is -2.00. The van der Waals surface area contributed by atoms with Crippen LogP contribution in [0.4, 0.5) is 0 Å². The van der Waals surface area contributed by atoms with E-state index < -0.39 is 0 Å². The number of para-hydroxylation sites is 1. The van der Waals surface area contributed by atoms with Crippen molar-refractivity contribution in [3.63, 3.8) is 0 Å². The van der Waals surface area contributed by atoms with E-state index in [1.165, 1.54) is 26.9 Å². The maximum absolute atomic E-state index is 5.56. The summed E-state index contributed by atoms with van der Waals surface area (Å²) in [6.45, 7) is 0. The minimum Gasteiger partial charge on any atom is -0.246 e. The average Bonchev–Trinajstić information content (AvgIpc) is 3.31. The summed E-state index contributed by atoms with van der Waals surface area (Å²) in [7, 11) is 0. The minimum atomic E-state index is 0.640. The molecule has 9 aromatic carbocycles. The van der Waals surface area contributed by atoms with Crippen molar-refractivity contribution < 1.29 is 0 Å². The third-order valence-corrected chi connectivity index (χ3v) is 11.1. The Kier molecular flexibility index (Phi) is 8.11. The van der Waals surface area contributed by atoms with Gasteiger partial charge in [-0.2, -0.15) is 0 Å². The Morgan fingerprint density at radius 1 is 0.241 bits per heavy atom. The monoisotopic (exact) mass is 738 g/mol. The standard InChI is InChI=1S/C54H34N4/c1-3-15-40(16-4-1)52-56-53(41-17-5-2-6-18-41)58-54(57-52)42-31-27-36(28-32-42)35-25-29-39(30-26-35)45-22-12-24-47-49-44-21-10-8-14-38(44)33-34-48(49)51(55-50(45)47)46-23-11-19-37-13-7-9-20-43(37)46/h1-34H. The Hall–Kier alpha value is -7.82. The number of hydrogen-bond donors (Lipinski definition) is 0. The lowest BCUT2D eigenvalue weighted by molar-refractivity contribution is 1.07. The largest absolute Gasteiger partial charge is 0.246 e. The molecule has 0 atom stereocenters. The van der Waals surface area contributed by atoms with E-state index in [0.717, 1.165) is 66.5 Å². The Labute approximate surface area is 335 Å². The zero-order valence-corrected chi connectivity index (χ0v) is 31.4. The summed E-state index contributed by atoms with van der Waals surface area (Å²) < 4.78 is 0. The maximum atomic E-state index is 5.56. The van der Waals surface area contributed by atoms with Gasteiger partial charge in [-0.1, -0.05) is 206 Å². The normalized spacial score (nSPS) is 11.4. The highest BCUT2D eigenvalue weighted by atomic mass is 15.0. The molecule has 58 heavy (non-hydrogen) atoms. The van der Waals surface area contributed by atoms with Gasteiger partial charge in [0, 0.05) is 44.0 Å². The van der Waals surface area contributed by atoms with E-state index in [4.69, 9.17) is 19.9 Å². The van der Waals surface area contributed by atoms with Gasteiger partial charge in [0.05, 0.1) is 11.2 Å². The molecular weight excluding hydrogens is 705 g/mol. The van der Waals surface area contributed by atoms with Crippen LogP contribution in [-0.2, 0) is 0 Å². The first-order chi connectivity index (χ1) is 28.7. The van der Waals surface area contributed by atoms with Crippen LogP contribution in [0, 0.1) is 0 Å². The van der Waals surface area contributed by atoms with Crippen molar-refractivity contribution in [3.05, 3.63) is 206 Å². The summed E-state index contributed by atoms with van der Waals surface area (Å²) in [5, 5.41) is 8.39. The molecule has 0 aliphatic rings. The molecule has 270 valence electrons. The molecule has 0 N–H and O–H groups in total. The summed E-state index contributed by atoms with van der Waals surface area (Å²) in [6, 6.07) is 72.3. The van der Waals surface area contributed by atoms with Crippen LogP contribution in [-0.4, -0.2) is 19.9 Å². The second-order valence-electron chi connectivity index (χ2n) is 14.6. The first kappa shape index (κ1) is 33.5. The van der Waals surface area contributed by atoms with Gasteiger partial charge in [-0.05, 0) is 38.2 Å². The first-order valence-corrected chi connectivity index (χ1v) is 19.6. The fourth-order valence-electron chi connectivity index (χ4n) is 8.26. The van der Waals surface area contributed by atoms with Gasteiger partial charge in [0.2, 0.25) is 0 Å². The highest BCUT2D eigenvalue weighted by molar-refractivity contribution is 6.24. The van der Waals surface area contributed by atoms with E-state index in [1.54, 1.807) is 0 Å². The molecule has 11 aromatic rings. The van der Waals surface area contributed by atoms with E-state index in [9.17, 15) is 0 Å². The number of aromatic nitrogens is 4. The van der Waals surface area contributed by atoms with Gasteiger partial charge in [-0.15, -0.1) is 0 Å². The molecule has 4 nitrogen and oxygen atoms in total. The second-order valence-corrected chi connectivity index (χ2v) is 14.6. The molecule has 0 radical (unpaired) electrons. The lowest BCUT2D eigenvalue weighted by Gasteiger charge is -2.16. The third kappa shape index (κ3) is 5.87. The number of pyridine rings is 1. The van der Waals surface area contributed by atoms with Crippen LogP contribution in [0.5, 0.6) is 0 Å². The molecule has 0 aliphatic heterocycles. The van der Waals surface area contributed by atoms with Gasteiger partial charge in [0.15, 0.2) is 17.5 Å². The smallest absolute Gasteiger partial charge is 0.164 e. The quantitative estimate of drug-likeness (QED) is 0.159. The van der Waals surface area contributed by atoms with Crippen LogP contribution in [0.15, 0.2) is 206 Å². The molecule has 0 bridgehead atoms. The van der Waals surface area contributed by atoms with E-state index in [1.807, 2.05) is 60.7 Å². The Morgan fingerprint density at radius 2 is 0.690 bits per heavy atom. The third-order valence-electron chi connectivity index (χ3n) is 11.1. The van der Waals surface area contributed by atoms with Crippen LogP contribution < -0.4 is 0 Å². The molecule has 0 aliphatic carbocycles. The van der Waals surface area contributed by atoms with Crippen molar-refractivity contribution in [2.24, 2.45) is 0 Å². The Morgan fingerprint density at radius 3 is 1.33 bits per heavy atom. The topological polar surface area (TPSA) is 51.6 Å². The van der Waals surface area contributed by atoms with Gasteiger partial charge < -0.3 is 0 Å². The first-order valence-electron chi connectivity index (χ1n) is 19.6. The van der Waals surface area contributed by atoms with Gasteiger partial charge >= 0.3 is 0 Å². The molecule has 0 saturated carbocycles. The molecule has 2 aromatic heterocycles. The van der Waals surface area contributed by atoms with Crippen LogP contribution in [0.1, 0.15) is 0 Å². The summed E-state index contributed by atoms with van der Waals surface area (Å²) >= 11 is 0. The minimum absolute atomic E-state index is 0.640. The number of benzene rings is 9. The van der Waals surface area contributed by atoms with Crippen molar-refractivity contribution in [2.45, 2.75) is 0 Å². The lowest BCUT2D eigenvalue weighted by atomic mass is 9.91. The van der Waals surface area contributed by atoms with E-state index in [-0.39, 0.29) is 0 Å². The van der Waals surface area contributed by atoms with Gasteiger partial charge in [-0.3, -0.25) is 0 Å². The summed E-state index contributed by atoms with van der Waals surface area (Å²) in [5.74, 6) is 1.94. The van der Waals surface area contributed by atoms with Gasteiger partial charge in [0.1, 0.15) is 0 Å². The van der Waals surface area contributed by atoms with Crippen LogP contribution >= 0.6 is 0 Å². The van der Waals surface area contributed by atoms with Crippen LogP contribution in [0.3, 0.4) is 0 Å². The predicted molar refractivity (Wildman–Crippen MR) is 240 cm³/mol. The maximum Gasteiger partial charge on any atom is 0.164 e. The number of fused-ring (bicyclic) bond motifs is 6. The fourth-order valence-corrected chi connectivity index (χ4v) is 8.26. The van der Waals surface area contributed by atoms with Crippen molar-refractivity contribution in [3.8, 4) is 67.7 Å². The number of hydrogen-bond acceptors (Lipinski definition) is 4. The summed E-state index contributed by atoms with van der Waals surface area (Å²) in [6.07, 6.45) is 0. The molecular formula is C54H34N4. The van der Waals surface area contributed by atoms with Crippen molar-refractivity contribution in [2.75, 3.05) is 0 Å². The summed E-state index contributed by atoms with van der Waals surface area (Å²) in [5.41, 5.74) is 10.4. The average molecular weight is 739 g/mol. The zero-order valence-electron chi connectivity index (χ0n) is 31.4. The van der Waals surface area contributed by atoms with E-state index >= 15 is 0 Å². The molecule has 4 heteroatoms. The molecule has 0 amide bonds. The molecule has 0 spiro atoms. The molecule has 2 heterocycles. The second kappa shape index (κ2) is 14.0. The number of nitrogens with zero attached hydrogens (tertiary/aromatic N) is 4. The molecule has 0 unspecified atom stereocenters. The van der Waals surface area contributed by atoms with E-state index in [2.05, 4.69) is 146 Å². The zero-order chi connectivity index (χ0) is 38.4. The Balaban J connectivity index is 0.996. The van der Waals surface area contributed by atoms with Crippen molar-refractivity contribution in [1.29, 1.82) is 0 Å². The fraction of sp³-hybridized carbons (Fsp3) is 0. The van der Waals surface area contributed by atoms with Gasteiger partial charge in [-0.25, -0.2) is 19.9 Å². The highest BCUT2D eigenvalue weighted by Crippen LogP contribution is 2.42. The summed E-state index contributed by atoms with van der Waals surface area (Å²) in [4.78, 5) is 20.3. The molecule has 11 rings (SSSR count). The van der Waals surface area contributed by atoms with Crippen molar-refractivity contribution in [1.82, 2.24) is 19.9 Å². The molecule has 0 saturated heterocycles. The van der Waals surface area contributed by atoms with Crippen LogP contribution in [0.2, 0.25) is 0 Å². The molecule has 0 fully saturated rings. The van der Waals surface area contributed by atoms with Gasteiger partial charge in [0.25, 0.3) is 0 Å². The van der Waals surface area contributed by atoms with E-state index in [0.29, 0.717) is 17.5 Å². The Bertz CT molecular complexity index is 3240. The highest BCUT2D eigenvalue weighted by Gasteiger charge is 2.18. The van der Waals surface area contributed by atoms with Crippen LogP contribution in [0.25, 0.3) is 111 Å². The van der Waals surface area contributed by atoms with Crippen molar-refractivity contribution >= 4 is 43.2 Å². The predicted octanol–water partition coefficient (Wildman–Crippen LogP) is 13.9. The SMILES string of the molecule is c1ccc(-c2nc(-c3ccccc3)nc(-c3ccc(-c4ccc(-c5cccc6c5nc(-c5cccc7ccccc57)c5ccc7ccccc7c56)cc4)cc3)n2)cc1. The number of rotatable bonds is 6.